The van der Waals surface area contributed by atoms with E-state index < -0.39 is 27.3 Å². The summed E-state index contributed by atoms with van der Waals surface area (Å²) in [6.07, 6.45) is 1.17. The van der Waals surface area contributed by atoms with Gasteiger partial charge in [-0.05, 0) is 65.0 Å². The molecule has 0 saturated carbocycles. The summed E-state index contributed by atoms with van der Waals surface area (Å²) in [5.74, 6) is -1.07. The average molecular weight is 402 g/mol. The zero-order valence-corrected chi connectivity index (χ0v) is 19.4. The molecule has 0 radical (unpaired) electrons. The highest BCUT2D eigenvalue weighted by Gasteiger charge is 2.39. The smallest absolute Gasteiger partial charge is 0.373 e. The van der Waals surface area contributed by atoms with Crippen LogP contribution >= 0.6 is 0 Å². The van der Waals surface area contributed by atoms with Crippen LogP contribution in [0, 0.1) is 0 Å². The number of esters is 2. The molecule has 0 rings (SSSR count). The normalized spacial score (nSPS) is 13.6. The van der Waals surface area contributed by atoms with Gasteiger partial charge in [-0.3, -0.25) is 9.59 Å². The monoisotopic (exact) mass is 402 g/mol. The van der Waals surface area contributed by atoms with Crippen molar-refractivity contribution in [3.8, 4) is 0 Å². The van der Waals surface area contributed by atoms with Crippen LogP contribution in [0.4, 0.5) is 0 Å². The van der Waals surface area contributed by atoms with Gasteiger partial charge in [0.05, 0.1) is 12.5 Å². The lowest BCUT2D eigenvalue weighted by molar-refractivity contribution is -0.160. The molecule has 9 heteroatoms. The molecule has 0 aliphatic rings. The average Bonchev–Trinajstić information content (AvgIpc) is 2.47. The molecule has 0 amide bonds. The van der Waals surface area contributed by atoms with E-state index in [0.717, 1.165) is 6.54 Å². The van der Waals surface area contributed by atoms with E-state index in [1.54, 1.807) is 6.82 Å². The Hall–Kier alpha value is -0.738. The highest BCUT2D eigenvalue weighted by molar-refractivity contribution is 6.74. The molecular formula is C18H39BN2O5Si. The van der Waals surface area contributed by atoms with Crippen LogP contribution in [0.5, 0.6) is 0 Å². The number of rotatable bonds is 12. The first-order valence-corrected chi connectivity index (χ1v) is 12.6. The summed E-state index contributed by atoms with van der Waals surface area (Å²) in [6.45, 7) is 13.7. The second-order valence-electron chi connectivity index (χ2n) is 8.88. The molecule has 0 aromatic carbocycles. The third kappa shape index (κ3) is 12.4. The van der Waals surface area contributed by atoms with Crippen molar-refractivity contribution in [1.82, 2.24) is 10.1 Å². The molecule has 7 nitrogen and oxygen atoms in total. The summed E-state index contributed by atoms with van der Waals surface area (Å²) in [5.41, 5.74) is 0. The van der Waals surface area contributed by atoms with Crippen molar-refractivity contribution in [3.05, 3.63) is 0 Å². The fourth-order valence-corrected chi connectivity index (χ4v) is 3.54. The SMILES string of the molecule is CB(O)NCCCC(=O)OC(=O)C[C@H](CCN(C)C)O[Si](C)(C)C(C)(C)C. The number of carbonyl (C=O) groups excluding carboxylic acids is 2. The largest absolute Gasteiger partial charge is 0.437 e. The topological polar surface area (TPSA) is 88.1 Å². The van der Waals surface area contributed by atoms with Crippen LogP contribution in [-0.4, -0.2) is 70.5 Å². The van der Waals surface area contributed by atoms with Gasteiger partial charge in [0.15, 0.2) is 8.32 Å². The Labute approximate surface area is 166 Å². The molecule has 0 aliphatic heterocycles. The van der Waals surface area contributed by atoms with E-state index in [1.807, 2.05) is 19.0 Å². The summed E-state index contributed by atoms with van der Waals surface area (Å²) < 4.78 is 11.3. The van der Waals surface area contributed by atoms with Gasteiger partial charge >= 0.3 is 19.0 Å². The van der Waals surface area contributed by atoms with E-state index in [0.29, 0.717) is 19.4 Å². The van der Waals surface area contributed by atoms with Gasteiger partial charge < -0.3 is 24.3 Å². The van der Waals surface area contributed by atoms with Crippen molar-refractivity contribution in [2.24, 2.45) is 0 Å². The molecule has 0 spiro atoms. The van der Waals surface area contributed by atoms with Gasteiger partial charge in [-0.25, -0.2) is 0 Å². The second kappa shape index (κ2) is 12.0. The molecular weight excluding hydrogens is 363 g/mol. The Morgan fingerprint density at radius 3 is 2.30 bits per heavy atom. The zero-order valence-electron chi connectivity index (χ0n) is 18.4. The van der Waals surface area contributed by atoms with E-state index in [1.165, 1.54) is 0 Å². The third-order valence-corrected chi connectivity index (χ3v) is 9.32. The fraction of sp³-hybridized carbons (Fsp3) is 0.889. The predicted octanol–water partition coefficient (Wildman–Crippen LogP) is 2.27. The van der Waals surface area contributed by atoms with E-state index in [-0.39, 0.29) is 24.0 Å². The molecule has 1 atom stereocenters. The number of carbonyl (C=O) groups is 2. The molecule has 2 N–H and O–H groups in total. The maximum absolute atomic E-state index is 12.2. The first kappa shape index (κ1) is 26.3. The third-order valence-electron chi connectivity index (χ3n) is 4.79. The van der Waals surface area contributed by atoms with Crippen LogP contribution in [0.2, 0.25) is 25.0 Å². The van der Waals surface area contributed by atoms with Crippen molar-refractivity contribution < 1.29 is 23.8 Å². The Balaban J connectivity index is 4.63. The summed E-state index contributed by atoms with van der Waals surface area (Å²) >= 11 is 0. The van der Waals surface area contributed by atoms with Gasteiger partial charge in [-0.1, -0.05) is 20.8 Å². The summed E-state index contributed by atoms with van der Waals surface area (Å²) in [6, 6.07) is 0. The summed E-state index contributed by atoms with van der Waals surface area (Å²) in [4.78, 5) is 26.1. The summed E-state index contributed by atoms with van der Waals surface area (Å²) in [5, 5.41) is 11.9. The van der Waals surface area contributed by atoms with Crippen LogP contribution in [0.15, 0.2) is 0 Å². The molecule has 0 unspecified atom stereocenters. The number of hydrogen-bond acceptors (Lipinski definition) is 7. The molecule has 0 aromatic rings. The van der Waals surface area contributed by atoms with Gasteiger partial charge in [-0.15, -0.1) is 0 Å². The zero-order chi connectivity index (χ0) is 21.3. The lowest BCUT2D eigenvalue weighted by atomic mass is 9.89. The number of nitrogens with zero attached hydrogens (tertiary/aromatic N) is 1. The predicted molar refractivity (Wildman–Crippen MR) is 112 cm³/mol. The lowest BCUT2D eigenvalue weighted by Gasteiger charge is -2.39. The van der Waals surface area contributed by atoms with Gasteiger partial charge in [-0.2, -0.15) is 0 Å². The molecule has 0 aliphatic carbocycles. The first-order valence-electron chi connectivity index (χ1n) is 9.72. The van der Waals surface area contributed by atoms with Gasteiger partial charge in [0.25, 0.3) is 0 Å². The molecule has 0 saturated heterocycles. The lowest BCUT2D eigenvalue weighted by Crippen LogP contribution is -2.45. The number of ether oxygens (including phenoxy) is 1. The van der Waals surface area contributed by atoms with Gasteiger partial charge in [0.1, 0.15) is 0 Å². The summed E-state index contributed by atoms with van der Waals surface area (Å²) in [7, 11) is 1.31. The van der Waals surface area contributed by atoms with Crippen molar-refractivity contribution in [2.45, 2.75) is 77.5 Å². The molecule has 0 heterocycles. The molecule has 0 bridgehead atoms. The highest BCUT2D eigenvalue weighted by Crippen LogP contribution is 2.38. The van der Waals surface area contributed by atoms with Crippen molar-refractivity contribution in [2.75, 3.05) is 27.2 Å². The first-order chi connectivity index (χ1) is 12.2. The van der Waals surface area contributed by atoms with Gasteiger partial charge in [0.2, 0.25) is 0 Å². The van der Waals surface area contributed by atoms with E-state index >= 15 is 0 Å². The molecule has 0 aromatic heterocycles. The molecule has 0 fully saturated rings. The van der Waals surface area contributed by atoms with Gasteiger partial charge in [0, 0.05) is 6.42 Å². The Bertz CT molecular complexity index is 467. The van der Waals surface area contributed by atoms with E-state index in [9.17, 15) is 9.59 Å². The van der Waals surface area contributed by atoms with Crippen LogP contribution in [0.3, 0.4) is 0 Å². The number of nitrogens with one attached hydrogen (secondary N) is 1. The minimum absolute atomic E-state index is 0.0416. The quantitative estimate of drug-likeness (QED) is 0.224. The molecule has 158 valence electrons. The van der Waals surface area contributed by atoms with E-state index in [2.05, 4.69) is 39.1 Å². The fourth-order valence-electron chi connectivity index (χ4n) is 2.15. The minimum atomic E-state index is -2.03. The number of hydrogen-bond donors (Lipinski definition) is 2. The maximum Gasteiger partial charge on any atom is 0.373 e. The Morgan fingerprint density at radius 1 is 1.22 bits per heavy atom. The van der Waals surface area contributed by atoms with E-state index in [4.69, 9.17) is 14.2 Å². The van der Waals surface area contributed by atoms with Crippen molar-refractivity contribution in [1.29, 1.82) is 0 Å². The minimum Gasteiger partial charge on any atom is -0.437 e. The second-order valence-corrected chi connectivity index (χ2v) is 13.6. The highest BCUT2D eigenvalue weighted by atomic mass is 28.4. The Kier molecular flexibility index (Phi) is 11.6. The molecule has 27 heavy (non-hydrogen) atoms. The van der Waals surface area contributed by atoms with Crippen LogP contribution in [0.25, 0.3) is 0 Å². The van der Waals surface area contributed by atoms with Crippen molar-refractivity contribution in [3.63, 3.8) is 0 Å². The van der Waals surface area contributed by atoms with Crippen molar-refractivity contribution >= 4 is 27.3 Å². The van der Waals surface area contributed by atoms with Crippen LogP contribution < -0.4 is 5.23 Å². The standard InChI is InChI=1S/C18H39BN2O5Si/c1-18(2,3)27(7,8)26-15(11-13-21(5)6)14-17(23)25-16(22)10-9-12-20-19(4)24/h15,20,24H,9-14H2,1-8H3/t15-/m0/s1. The Morgan fingerprint density at radius 2 is 1.81 bits per heavy atom. The van der Waals surface area contributed by atoms with Crippen LogP contribution in [0.1, 0.15) is 46.5 Å². The van der Waals surface area contributed by atoms with Crippen LogP contribution in [-0.2, 0) is 18.8 Å². The maximum atomic E-state index is 12.2.